The molecule has 138 valence electrons. The van der Waals surface area contributed by atoms with Gasteiger partial charge in [0.2, 0.25) is 0 Å². The minimum atomic E-state index is -0.319. The molecule has 25 heavy (non-hydrogen) atoms. The van der Waals surface area contributed by atoms with E-state index in [4.69, 9.17) is 0 Å². The summed E-state index contributed by atoms with van der Waals surface area (Å²) in [4.78, 5) is 12.0. The van der Waals surface area contributed by atoms with E-state index in [0.717, 1.165) is 25.7 Å². The maximum Gasteiger partial charge on any atom is 0.155 e. The highest BCUT2D eigenvalue weighted by Gasteiger charge is 2.61. The summed E-state index contributed by atoms with van der Waals surface area (Å²) in [6.45, 7) is 7.00. The van der Waals surface area contributed by atoms with Crippen LogP contribution in [0.5, 0.6) is 0 Å². The highest BCUT2D eigenvalue weighted by molar-refractivity contribution is 5.91. The summed E-state index contributed by atoms with van der Waals surface area (Å²) in [7, 11) is 0. The molecule has 0 spiro atoms. The minimum absolute atomic E-state index is 0.0273. The SMILES string of the molecule is C[C@H]1C[C@@H]2[C@H]([C@@H](O)C[C@]3(C)/C(=C\CO)CC[C@@H]23)[C@@]2(C)CCC(=O)C=C12. The van der Waals surface area contributed by atoms with E-state index >= 15 is 0 Å². The van der Waals surface area contributed by atoms with Gasteiger partial charge in [0.25, 0.3) is 0 Å². The number of allylic oxidation sites excluding steroid dienone is 2. The van der Waals surface area contributed by atoms with Crippen molar-refractivity contribution in [1.82, 2.24) is 0 Å². The standard InChI is InChI=1S/C22H32O3/c1-13-10-16-17-5-4-14(7-9-23)22(17,3)12-19(25)20(16)21(2)8-6-15(24)11-18(13)21/h7,11,13,16-17,19-20,23,25H,4-6,8-10,12H2,1-3H3/b14-7-/t13-,16-,17-,19-,20+,21-,22+/m0/s1. The van der Waals surface area contributed by atoms with Crippen molar-refractivity contribution in [2.75, 3.05) is 6.61 Å². The highest BCUT2D eigenvalue weighted by atomic mass is 16.3. The fourth-order valence-corrected chi connectivity index (χ4v) is 7.41. The molecule has 7 atom stereocenters. The molecule has 0 amide bonds. The fraction of sp³-hybridized carbons (Fsp3) is 0.773. The average Bonchev–Trinajstić information content (AvgIpc) is 2.86. The molecule has 2 N–H and O–H groups in total. The van der Waals surface area contributed by atoms with Crippen LogP contribution in [-0.2, 0) is 4.79 Å². The first-order chi connectivity index (χ1) is 11.8. The number of aliphatic hydroxyl groups excluding tert-OH is 2. The summed E-state index contributed by atoms with van der Waals surface area (Å²) in [5.41, 5.74) is 2.66. The predicted molar refractivity (Wildman–Crippen MR) is 97.8 cm³/mol. The van der Waals surface area contributed by atoms with Crippen LogP contribution in [0.3, 0.4) is 0 Å². The Kier molecular flexibility index (Phi) is 4.05. The molecule has 3 saturated carbocycles. The molecule has 0 heterocycles. The van der Waals surface area contributed by atoms with Crippen LogP contribution in [0.15, 0.2) is 23.3 Å². The van der Waals surface area contributed by atoms with Crippen LogP contribution in [-0.4, -0.2) is 28.7 Å². The van der Waals surface area contributed by atoms with Crippen LogP contribution in [0.2, 0.25) is 0 Å². The molecule has 0 bridgehead atoms. The van der Waals surface area contributed by atoms with Gasteiger partial charge in [-0.1, -0.05) is 38.0 Å². The molecule has 0 saturated heterocycles. The lowest BCUT2D eigenvalue weighted by molar-refractivity contribution is -0.128. The third kappa shape index (κ3) is 2.35. The molecule has 0 aromatic rings. The maximum atomic E-state index is 12.0. The van der Waals surface area contributed by atoms with E-state index in [9.17, 15) is 15.0 Å². The number of carbonyl (C=O) groups excluding carboxylic acids is 1. The van der Waals surface area contributed by atoms with E-state index in [1.165, 1.54) is 17.6 Å². The van der Waals surface area contributed by atoms with Crippen LogP contribution in [0, 0.1) is 34.5 Å². The quantitative estimate of drug-likeness (QED) is 0.714. The molecular weight excluding hydrogens is 312 g/mol. The maximum absolute atomic E-state index is 12.0. The van der Waals surface area contributed by atoms with Crippen molar-refractivity contribution in [1.29, 1.82) is 0 Å². The summed E-state index contributed by atoms with van der Waals surface area (Å²) in [6.07, 6.45) is 9.23. The number of hydrogen-bond donors (Lipinski definition) is 2. The van der Waals surface area contributed by atoms with Gasteiger partial charge in [0.15, 0.2) is 5.78 Å². The van der Waals surface area contributed by atoms with Gasteiger partial charge in [-0.15, -0.1) is 0 Å². The Morgan fingerprint density at radius 2 is 2.04 bits per heavy atom. The van der Waals surface area contributed by atoms with Crippen LogP contribution >= 0.6 is 0 Å². The first-order valence-corrected chi connectivity index (χ1v) is 10.0. The first kappa shape index (κ1) is 17.5. The van der Waals surface area contributed by atoms with Crippen molar-refractivity contribution in [2.45, 2.75) is 65.4 Å². The van der Waals surface area contributed by atoms with Crippen molar-refractivity contribution in [2.24, 2.45) is 34.5 Å². The van der Waals surface area contributed by atoms with Gasteiger partial charge >= 0.3 is 0 Å². The zero-order valence-corrected chi connectivity index (χ0v) is 15.8. The summed E-state index contributed by atoms with van der Waals surface area (Å²) >= 11 is 0. The van der Waals surface area contributed by atoms with Gasteiger partial charge in [-0.3, -0.25) is 4.79 Å². The molecule has 0 unspecified atom stereocenters. The molecule has 3 fully saturated rings. The molecule has 0 radical (unpaired) electrons. The van der Waals surface area contributed by atoms with Crippen molar-refractivity contribution in [3.8, 4) is 0 Å². The van der Waals surface area contributed by atoms with Gasteiger partial charge in [-0.25, -0.2) is 0 Å². The Balaban J connectivity index is 1.76. The molecule has 4 rings (SSSR count). The smallest absolute Gasteiger partial charge is 0.155 e. The van der Waals surface area contributed by atoms with E-state index in [-0.39, 0.29) is 35.2 Å². The third-order valence-corrected chi connectivity index (χ3v) is 8.40. The van der Waals surface area contributed by atoms with Gasteiger partial charge in [-0.2, -0.15) is 0 Å². The lowest BCUT2D eigenvalue weighted by atomic mass is 9.45. The Bertz CT molecular complexity index is 648. The number of ketones is 1. The number of fused-ring (bicyclic) bond motifs is 5. The molecule has 0 aromatic carbocycles. The zero-order chi connectivity index (χ0) is 18.0. The van der Waals surface area contributed by atoms with E-state index in [1.54, 1.807) is 0 Å². The van der Waals surface area contributed by atoms with Gasteiger partial charge in [0, 0.05) is 6.42 Å². The van der Waals surface area contributed by atoms with E-state index in [1.807, 2.05) is 12.2 Å². The van der Waals surface area contributed by atoms with Gasteiger partial charge < -0.3 is 10.2 Å². The molecule has 0 aliphatic heterocycles. The van der Waals surface area contributed by atoms with Crippen LogP contribution in [0.4, 0.5) is 0 Å². The van der Waals surface area contributed by atoms with E-state index in [0.29, 0.717) is 24.2 Å². The van der Waals surface area contributed by atoms with E-state index in [2.05, 4.69) is 20.8 Å². The van der Waals surface area contributed by atoms with E-state index < -0.39 is 0 Å². The van der Waals surface area contributed by atoms with Crippen molar-refractivity contribution in [3.05, 3.63) is 23.3 Å². The molecule has 3 heteroatoms. The average molecular weight is 344 g/mol. The second kappa shape index (κ2) is 5.79. The minimum Gasteiger partial charge on any atom is -0.393 e. The number of aliphatic hydroxyl groups is 2. The summed E-state index contributed by atoms with van der Waals surface area (Å²) in [6, 6.07) is 0. The molecule has 3 nitrogen and oxygen atoms in total. The highest BCUT2D eigenvalue weighted by Crippen LogP contribution is 2.67. The Hall–Kier alpha value is -0.930. The van der Waals surface area contributed by atoms with Gasteiger partial charge in [-0.05, 0) is 72.7 Å². The van der Waals surface area contributed by atoms with Crippen LogP contribution in [0.1, 0.15) is 59.3 Å². The first-order valence-electron chi connectivity index (χ1n) is 10.0. The third-order valence-electron chi connectivity index (χ3n) is 8.40. The van der Waals surface area contributed by atoms with Crippen molar-refractivity contribution in [3.63, 3.8) is 0 Å². The Labute approximate surface area is 151 Å². The number of hydrogen-bond acceptors (Lipinski definition) is 3. The molecule has 4 aliphatic rings. The number of carbonyl (C=O) groups is 1. The largest absolute Gasteiger partial charge is 0.393 e. The molecular formula is C22H32O3. The summed E-state index contributed by atoms with van der Waals surface area (Å²) < 4.78 is 0. The van der Waals surface area contributed by atoms with Crippen molar-refractivity contribution >= 4 is 5.78 Å². The number of rotatable bonds is 1. The van der Waals surface area contributed by atoms with Crippen LogP contribution in [0.25, 0.3) is 0 Å². The Morgan fingerprint density at radius 3 is 2.76 bits per heavy atom. The van der Waals surface area contributed by atoms with Crippen LogP contribution < -0.4 is 0 Å². The monoisotopic (exact) mass is 344 g/mol. The molecule has 0 aromatic heterocycles. The topological polar surface area (TPSA) is 57.5 Å². The zero-order valence-electron chi connectivity index (χ0n) is 15.8. The fourth-order valence-electron chi connectivity index (χ4n) is 7.41. The normalized spacial score (nSPS) is 50.9. The Morgan fingerprint density at radius 1 is 1.28 bits per heavy atom. The predicted octanol–water partition coefficient (Wildman–Crippen LogP) is 3.65. The van der Waals surface area contributed by atoms with Crippen molar-refractivity contribution < 1.29 is 15.0 Å². The lowest BCUT2D eigenvalue weighted by Crippen LogP contribution is -2.57. The summed E-state index contributed by atoms with van der Waals surface area (Å²) in [5.74, 6) is 2.08. The van der Waals surface area contributed by atoms with Gasteiger partial charge in [0.05, 0.1) is 12.7 Å². The second-order valence-electron chi connectivity index (χ2n) is 9.56. The second-order valence-corrected chi connectivity index (χ2v) is 9.56. The molecule has 4 aliphatic carbocycles. The lowest BCUT2D eigenvalue weighted by Gasteiger charge is -2.60. The summed E-state index contributed by atoms with van der Waals surface area (Å²) in [5, 5.41) is 20.7. The van der Waals surface area contributed by atoms with Gasteiger partial charge in [0.1, 0.15) is 0 Å².